The van der Waals surface area contributed by atoms with E-state index in [0.717, 1.165) is 21.8 Å². The summed E-state index contributed by atoms with van der Waals surface area (Å²) in [6.45, 7) is 4.59. The van der Waals surface area contributed by atoms with E-state index < -0.39 is 0 Å². The summed E-state index contributed by atoms with van der Waals surface area (Å²) < 4.78 is 0.512. The Kier molecular flexibility index (Phi) is 5.36. The number of aromatic nitrogens is 1. The zero-order chi connectivity index (χ0) is 17.8. The van der Waals surface area contributed by atoms with Crippen molar-refractivity contribution in [1.82, 2.24) is 4.98 Å². The van der Waals surface area contributed by atoms with Gasteiger partial charge in [-0.05, 0) is 37.6 Å². The van der Waals surface area contributed by atoms with Crippen LogP contribution in [-0.2, 0) is 6.54 Å². The SMILES string of the molecule is Cc1ccc(NC(=O)c2ccccc2NCc2cnc(Cl)s2)c(C)c1. The van der Waals surface area contributed by atoms with Gasteiger partial charge in [0.2, 0.25) is 0 Å². The maximum Gasteiger partial charge on any atom is 0.257 e. The Morgan fingerprint density at radius 1 is 1.16 bits per heavy atom. The number of aryl methyl sites for hydroxylation is 2. The summed E-state index contributed by atoms with van der Waals surface area (Å²) >= 11 is 7.27. The molecule has 0 radical (unpaired) electrons. The predicted molar refractivity (Wildman–Crippen MR) is 105 cm³/mol. The van der Waals surface area contributed by atoms with Crippen molar-refractivity contribution in [2.75, 3.05) is 10.6 Å². The Balaban J connectivity index is 1.76. The van der Waals surface area contributed by atoms with Gasteiger partial charge in [0, 0.05) is 22.4 Å². The van der Waals surface area contributed by atoms with Gasteiger partial charge < -0.3 is 10.6 Å². The molecule has 3 rings (SSSR count). The molecule has 0 fully saturated rings. The average Bonchev–Trinajstić information content (AvgIpc) is 3.01. The molecule has 0 aliphatic heterocycles. The minimum absolute atomic E-state index is 0.141. The first-order chi connectivity index (χ1) is 12.0. The third kappa shape index (κ3) is 4.38. The van der Waals surface area contributed by atoms with Crippen LogP contribution >= 0.6 is 22.9 Å². The standard InChI is InChI=1S/C19H18ClN3OS/c1-12-7-8-16(13(2)9-12)23-18(24)15-5-3-4-6-17(15)21-10-14-11-22-19(20)25-14/h3-9,11,21H,10H2,1-2H3,(H,23,24). The summed E-state index contributed by atoms with van der Waals surface area (Å²) in [4.78, 5) is 17.7. The molecule has 128 valence electrons. The van der Waals surface area contributed by atoms with E-state index in [2.05, 4.69) is 15.6 Å². The number of benzene rings is 2. The van der Waals surface area contributed by atoms with Crippen LogP contribution < -0.4 is 10.6 Å². The molecule has 3 aromatic rings. The highest BCUT2D eigenvalue weighted by Crippen LogP contribution is 2.23. The van der Waals surface area contributed by atoms with Gasteiger partial charge >= 0.3 is 0 Å². The van der Waals surface area contributed by atoms with Crippen LogP contribution in [0.25, 0.3) is 0 Å². The van der Waals surface area contributed by atoms with E-state index in [9.17, 15) is 4.79 Å². The fraction of sp³-hybridized carbons (Fsp3) is 0.158. The van der Waals surface area contributed by atoms with Crippen molar-refractivity contribution in [2.24, 2.45) is 0 Å². The van der Waals surface area contributed by atoms with Gasteiger partial charge in [-0.2, -0.15) is 0 Å². The number of carbonyl (C=O) groups is 1. The highest BCUT2D eigenvalue weighted by Gasteiger charge is 2.12. The maximum atomic E-state index is 12.7. The number of carbonyl (C=O) groups excluding carboxylic acids is 1. The first-order valence-corrected chi connectivity index (χ1v) is 9.04. The molecule has 0 aliphatic carbocycles. The lowest BCUT2D eigenvalue weighted by atomic mass is 10.1. The quantitative estimate of drug-likeness (QED) is 0.641. The normalized spacial score (nSPS) is 10.5. The number of nitrogens with zero attached hydrogens (tertiary/aromatic N) is 1. The highest BCUT2D eigenvalue weighted by molar-refractivity contribution is 7.15. The van der Waals surface area contributed by atoms with Crippen LogP contribution in [0.5, 0.6) is 0 Å². The number of hydrogen-bond donors (Lipinski definition) is 2. The van der Waals surface area contributed by atoms with E-state index in [1.54, 1.807) is 12.3 Å². The van der Waals surface area contributed by atoms with Crippen molar-refractivity contribution < 1.29 is 4.79 Å². The Morgan fingerprint density at radius 2 is 1.96 bits per heavy atom. The maximum absolute atomic E-state index is 12.7. The second kappa shape index (κ2) is 7.68. The smallest absolute Gasteiger partial charge is 0.257 e. The summed E-state index contributed by atoms with van der Waals surface area (Å²) in [6, 6.07) is 13.4. The number of halogens is 1. The third-order valence-electron chi connectivity index (χ3n) is 3.78. The number of para-hydroxylation sites is 1. The lowest BCUT2D eigenvalue weighted by Gasteiger charge is -2.13. The highest BCUT2D eigenvalue weighted by atomic mass is 35.5. The largest absolute Gasteiger partial charge is 0.379 e. The monoisotopic (exact) mass is 371 g/mol. The first kappa shape index (κ1) is 17.5. The summed E-state index contributed by atoms with van der Waals surface area (Å²) in [5, 5.41) is 6.27. The minimum atomic E-state index is -0.141. The van der Waals surface area contributed by atoms with Gasteiger partial charge in [0.25, 0.3) is 5.91 Å². The van der Waals surface area contributed by atoms with Crippen molar-refractivity contribution in [3.8, 4) is 0 Å². The van der Waals surface area contributed by atoms with E-state index in [-0.39, 0.29) is 5.91 Å². The van der Waals surface area contributed by atoms with Crippen LogP contribution in [0, 0.1) is 13.8 Å². The Hall–Kier alpha value is -2.37. The van der Waals surface area contributed by atoms with Crippen LogP contribution in [0.4, 0.5) is 11.4 Å². The van der Waals surface area contributed by atoms with Crippen molar-refractivity contribution in [1.29, 1.82) is 0 Å². The molecule has 4 nitrogen and oxygen atoms in total. The molecule has 0 atom stereocenters. The zero-order valence-electron chi connectivity index (χ0n) is 14.0. The summed E-state index contributed by atoms with van der Waals surface area (Å²) in [5.74, 6) is -0.141. The van der Waals surface area contributed by atoms with Crippen LogP contribution in [-0.4, -0.2) is 10.9 Å². The average molecular weight is 372 g/mol. The molecular formula is C19H18ClN3OS. The molecule has 2 N–H and O–H groups in total. The van der Waals surface area contributed by atoms with Gasteiger partial charge in [-0.15, -0.1) is 11.3 Å². The Bertz CT molecular complexity index is 907. The van der Waals surface area contributed by atoms with Crippen molar-refractivity contribution in [3.05, 3.63) is 74.7 Å². The molecule has 0 aliphatic rings. The molecule has 0 saturated heterocycles. The number of rotatable bonds is 5. The first-order valence-electron chi connectivity index (χ1n) is 7.84. The third-order valence-corrected chi connectivity index (χ3v) is 4.90. The van der Waals surface area contributed by atoms with Gasteiger partial charge in [-0.3, -0.25) is 4.79 Å². The molecule has 0 unspecified atom stereocenters. The predicted octanol–water partition coefficient (Wildman–Crippen LogP) is 5.28. The van der Waals surface area contributed by atoms with E-state index in [1.165, 1.54) is 16.9 Å². The molecular weight excluding hydrogens is 354 g/mol. The van der Waals surface area contributed by atoms with E-state index in [4.69, 9.17) is 11.6 Å². The number of hydrogen-bond acceptors (Lipinski definition) is 4. The molecule has 0 spiro atoms. The lowest BCUT2D eigenvalue weighted by Crippen LogP contribution is -2.15. The minimum Gasteiger partial charge on any atom is -0.379 e. The molecule has 0 saturated carbocycles. The molecule has 25 heavy (non-hydrogen) atoms. The molecule has 0 bridgehead atoms. The van der Waals surface area contributed by atoms with E-state index in [1.807, 2.05) is 50.2 Å². The summed E-state index contributed by atoms with van der Waals surface area (Å²) in [6.07, 6.45) is 1.73. The van der Waals surface area contributed by atoms with Crippen LogP contribution in [0.2, 0.25) is 4.47 Å². The molecule has 1 heterocycles. The van der Waals surface area contributed by atoms with Crippen molar-refractivity contribution >= 4 is 40.2 Å². The van der Waals surface area contributed by atoms with Crippen LogP contribution in [0.15, 0.2) is 48.7 Å². The molecule has 6 heteroatoms. The van der Waals surface area contributed by atoms with Gasteiger partial charge in [-0.25, -0.2) is 4.98 Å². The second-order valence-electron chi connectivity index (χ2n) is 5.75. The lowest BCUT2D eigenvalue weighted by molar-refractivity contribution is 0.102. The Morgan fingerprint density at radius 3 is 2.68 bits per heavy atom. The number of thiazole rings is 1. The summed E-state index contributed by atoms with van der Waals surface area (Å²) in [7, 11) is 0. The molecule has 1 aromatic heterocycles. The van der Waals surface area contributed by atoms with Crippen LogP contribution in [0.3, 0.4) is 0 Å². The van der Waals surface area contributed by atoms with Gasteiger partial charge in [0.1, 0.15) is 0 Å². The van der Waals surface area contributed by atoms with Crippen molar-refractivity contribution in [2.45, 2.75) is 20.4 Å². The fourth-order valence-corrected chi connectivity index (χ4v) is 3.44. The fourth-order valence-electron chi connectivity index (χ4n) is 2.53. The van der Waals surface area contributed by atoms with E-state index in [0.29, 0.717) is 16.6 Å². The van der Waals surface area contributed by atoms with Crippen LogP contribution in [0.1, 0.15) is 26.4 Å². The van der Waals surface area contributed by atoms with E-state index >= 15 is 0 Å². The van der Waals surface area contributed by atoms with Crippen molar-refractivity contribution in [3.63, 3.8) is 0 Å². The topological polar surface area (TPSA) is 54.0 Å². The number of amides is 1. The number of anilines is 2. The molecule has 2 aromatic carbocycles. The van der Waals surface area contributed by atoms with Gasteiger partial charge in [0.05, 0.1) is 12.1 Å². The van der Waals surface area contributed by atoms with Gasteiger partial charge in [0.15, 0.2) is 4.47 Å². The number of nitrogens with one attached hydrogen (secondary N) is 2. The zero-order valence-corrected chi connectivity index (χ0v) is 15.5. The van der Waals surface area contributed by atoms with Gasteiger partial charge in [-0.1, -0.05) is 41.4 Å². The summed E-state index contributed by atoms with van der Waals surface area (Å²) in [5.41, 5.74) is 4.39. The molecule has 1 amide bonds. The Labute approximate surface area is 155 Å². The second-order valence-corrected chi connectivity index (χ2v) is 7.45.